The van der Waals surface area contributed by atoms with E-state index in [1.54, 1.807) is 20.3 Å². The van der Waals surface area contributed by atoms with Crippen LogP contribution >= 0.6 is 23.2 Å². The minimum absolute atomic E-state index is 0.388. The number of hydrogen-bond acceptors (Lipinski definition) is 3. The summed E-state index contributed by atoms with van der Waals surface area (Å²) in [7, 11) is 3.11. The zero-order valence-electron chi connectivity index (χ0n) is 12.1. The minimum Gasteiger partial charge on any atom is -0.495 e. The molecule has 3 nitrogen and oxygen atoms in total. The SMILES string of the molecule is COc1ccc(C(N)c2cc(C)cc(Cl)c2)c(OC)c1Cl. The van der Waals surface area contributed by atoms with Crippen LogP contribution in [0.2, 0.25) is 10.0 Å². The lowest BCUT2D eigenvalue weighted by atomic mass is 9.97. The Balaban J connectivity index is 2.52. The Kier molecular flexibility index (Phi) is 4.99. The number of rotatable bonds is 4. The molecule has 0 saturated carbocycles. The second kappa shape index (κ2) is 6.56. The number of benzene rings is 2. The molecule has 0 amide bonds. The van der Waals surface area contributed by atoms with Crippen LogP contribution in [0, 0.1) is 6.92 Å². The second-order valence-corrected chi connectivity index (χ2v) is 5.56. The topological polar surface area (TPSA) is 44.5 Å². The Labute approximate surface area is 134 Å². The van der Waals surface area contributed by atoms with Crippen molar-refractivity contribution in [1.82, 2.24) is 0 Å². The first-order valence-electron chi connectivity index (χ1n) is 6.41. The maximum absolute atomic E-state index is 6.35. The molecule has 2 N–H and O–H groups in total. The molecule has 112 valence electrons. The number of ether oxygens (including phenoxy) is 2. The van der Waals surface area contributed by atoms with Gasteiger partial charge in [-0.05, 0) is 42.3 Å². The molecule has 0 fully saturated rings. The first-order chi connectivity index (χ1) is 9.97. The van der Waals surface area contributed by atoms with E-state index in [1.165, 1.54) is 0 Å². The van der Waals surface area contributed by atoms with Gasteiger partial charge >= 0.3 is 0 Å². The fraction of sp³-hybridized carbons (Fsp3) is 0.250. The van der Waals surface area contributed by atoms with Gasteiger partial charge in [0.05, 0.1) is 20.3 Å². The van der Waals surface area contributed by atoms with Crippen molar-refractivity contribution in [2.75, 3.05) is 14.2 Å². The van der Waals surface area contributed by atoms with E-state index >= 15 is 0 Å². The highest BCUT2D eigenvalue weighted by Crippen LogP contribution is 2.40. The summed E-state index contributed by atoms with van der Waals surface area (Å²) in [5, 5.41) is 1.06. The van der Waals surface area contributed by atoms with Gasteiger partial charge in [0.25, 0.3) is 0 Å². The predicted molar refractivity (Wildman–Crippen MR) is 86.8 cm³/mol. The Hall–Kier alpha value is -1.42. The van der Waals surface area contributed by atoms with Crippen LogP contribution in [0.1, 0.15) is 22.7 Å². The lowest BCUT2D eigenvalue weighted by Crippen LogP contribution is -2.13. The molecule has 0 heterocycles. The predicted octanol–water partition coefficient (Wildman–Crippen LogP) is 4.37. The monoisotopic (exact) mass is 325 g/mol. The third-order valence-electron chi connectivity index (χ3n) is 3.27. The fourth-order valence-electron chi connectivity index (χ4n) is 2.29. The molecule has 2 rings (SSSR count). The highest BCUT2D eigenvalue weighted by Gasteiger charge is 2.19. The van der Waals surface area contributed by atoms with Gasteiger partial charge in [0, 0.05) is 10.6 Å². The van der Waals surface area contributed by atoms with E-state index in [9.17, 15) is 0 Å². The van der Waals surface area contributed by atoms with E-state index in [-0.39, 0.29) is 6.04 Å². The van der Waals surface area contributed by atoms with Crippen molar-refractivity contribution >= 4 is 23.2 Å². The smallest absolute Gasteiger partial charge is 0.146 e. The van der Waals surface area contributed by atoms with Crippen molar-refractivity contribution in [3.8, 4) is 11.5 Å². The first-order valence-corrected chi connectivity index (χ1v) is 7.16. The second-order valence-electron chi connectivity index (χ2n) is 4.74. The standard InChI is InChI=1S/C16H17Cl2NO2/c1-9-6-10(8-11(17)7-9)15(19)12-4-5-13(20-2)14(18)16(12)21-3/h4-8,15H,19H2,1-3H3. The van der Waals surface area contributed by atoms with E-state index < -0.39 is 0 Å². The molecule has 1 unspecified atom stereocenters. The molecule has 2 aromatic rings. The summed E-state index contributed by atoms with van der Waals surface area (Å²) in [4.78, 5) is 0. The average molecular weight is 326 g/mol. The van der Waals surface area contributed by atoms with Crippen LogP contribution in [0.25, 0.3) is 0 Å². The van der Waals surface area contributed by atoms with Gasteiger partial charge in [0.15, 0.2) is 0 Å². The largest absolute Gasteiger partial charge is 0.495 e. The Morgan fingerprint density at radius 3 is 2.33 bits per heavy atom. The summed E-state index contributed by atoms with van der Waals surface area (Å²) in [5.41, 5.74) is 9.09. The summed E-state index contributed by atoms with van der Waals surface area (Å²) in [6, 6.07) is 8.96. The van der Waals surface area contributed by atoms with Crippen LogP contribution < -0.4 is 15.2 Å². The van der Waals surface area contributed by atoms with Crippen molar-refractivity contribution in [2.45, 2.75) is 13.0 Å². The quantitative estimate of drug-likeness (QED) is 0.907. The molecule has 5 heteroatoms. The Morgan fingerprint density at radius 1 is 1.05 bits per heavy atom. The van der Waals surface area contributed by atoms with Gasteiger partial charge < -0.3 is 15.2 Å². The van der Waals surface area contributed by atoms with E-state index in [1.807, 2.05) is 31.2 Å². The van der Waals surface area contributed by atoms with Crippen molar-refractivity contribution in [3.63, 3.8) is 0 Å². The molecular formula is C16H17Cl2NO2. The van der Waals surface area contributed by atoms with E-state index in [4.69, 9.17) is 38.4 Å². The van der Waals surface area contributed by atoms with E-state index in [2.05, 4.69) is 0 Å². The summed E-state index contributed by atoms with van der Waals surface area (Å²) >= 11 is 12.4. The normalized spacial score (nSPS) is 12.1. The number of aryl methyl sites for hydroxylation is 1. The molecule has 2 aromatic carbocycles. The van der Waals surface area contributed by atoms with Gasteiger partial charge in [-0.3, -0.25) is 0 Å². The van der Waals surface area contributed by atoms with Gasteiger partial charge in [-0.1, -0.05) is 29.3 Å². The number of halogens is 2. The molecular weight excluding hydrogens is 309 g/mol. The summed E-state index contributed by atoms with van der Waals surface area (Å²) in [5.74, 6) is 1.06. The van der Waals surface area contributed by atoms with Crippen LogP contribution in [-0.2, 0) is 0 Å². The van der Waals surface area contributed by atoms with Gasteiger partial charge in [0.2, 0.25) is 0 Å². The molecule has 21 heavy (non-hydrogen) atoms. The first kappa shape index (κ1) is 16.0. The highest BCUT2D eigenvalue weighted by molar-refractivity contribution is 6.33. The van der Waals surface area contributed by atoms with Crippen LogP contribution in [0.3, 0.4) is 0 Å². The molecule has 0 aliphatic heterocycles. The van der Waals surface area contributed by atoms with Gasteiger partial charge in [-0.2, -0.15) is 0 Å². The van der Waals surface area contributed by atoms with Gasteiger partial charge in [0.1, 0.15) is 16.5 Å². The Bertz CT molecular complexity index is 639. The summed E-state index contributed by atoms with van der Waals surface area (Å²) in [6.07, 6.45) is 0. The van der Waals surface area contributed by atoms with Crippen molar-refractivity contribution in [3.05, 3.63) is 57.1 Å². The molecule has 0 aliphatic carbocycles. The van der Waals surface area contributed by atoms with Gasteiger partial charge in [-0.25, -0.2) is 0 Å². The van der Waals surface area contributed by atoms with Crippen molar-refractivity contribution in [2.24, 2.45) is 5.73 Å². The number of nitrogens with two attached hydrogens (primary N) is 1. The maximum Gasteiger partial charge on any atom is 0.146 e. The zero-order valence-corrected chi connectivity index (χ0v) is 13.6. The van der Waals surface area contributed by atoms with Crippen molar-refractivity contribution in [1.29, 1.82) is 0 Å². The molecule has 0 spiro atoms. The van der Waals surface area contributed by atoms with Crippen molar-refractivity contribution < 1.29 is 9.47 Å². The fourth-order valence-corrected chi connectivity index (χ4v) is 2.91. The third kappa shape index (κ3) is 3.26. The highest BCUT2D eigenvalue weighted by atomic mass is 35.5. The van der Waals surface area contributed by atoms with Crippen LogP contribution in [0.4, 0.5) is 0 Å². The van der Waals surface area contributed by atoms with Crippen LogP contribution in [-0.4, -0.2) is 14.2 Å². The molecule has 0 saturated heterocycles. The van der Waals surface area contributed by atoms with Gasteiger partial charge in [-0.15, -0.1) is 0 Å². The maximum atomic E-state index is 6.35. The van der Waals surface area contributed by atoms with Crippen LogP contribution in [0.15, 0.2) is 30.3 Å². The van der Waals surface area contributed by atoms with Crippen LogP contribution in [0.5, 0.6) is 11.5 Å². The zero-order chi connectivity index (χ0) is 15.6. The molecule has 1 atom stereocenters. The molecule has 0 bridgehead atoms. The lowest BCUT2D eigenvalue weighted by Gasteiger charge is -2.19. The van der Waals surface area contributed by atoms with E-state index in [0.29, 0.717) is 21.5 Å². The Morgan fingerprint density at radius 2 is 1.76 bits per heavy atom. The number of methoxy groups -OCH3 is 2. The average Bonchev–Trinajstić information content (AvgIpc) is 2.45. The minimum atomic E-state index is -0.388. The van der Waals surface area contributed by atoms with E-state index in [0.717, 1.165) is 16.7 Å². The molecule has 0 aliphatic rings. The lowest BCUT2D eigenvalue weighted by molar-refractivity contribution is 0.390. The molecule has 0 aromatic heterocycles. The summed E-state index contributed by atoms with van der Waals surface area (Å²) in [6.45, 7) is 1.97. The molecule has 0 radical (unpaired) electrons. The summed E-state index contributed by atoms with van der Waals surface area (Å²) < 4.78 is 10.6. The third-order valence-corrected chi connectivity index (χ3v) is 3.85. The number of hydrogen-bond donors (Lipinski definition) is 1.